The van der Waals surface area contributed by atoms with Gasteiger partial charge in [0.25, 0.3) is 5.91 Å². The lowest BCUT2D eigenvalue weighted by molar-refractivity contribution is 0.102. The van der Waals surface area contributed by atoms with Gasteiger partial charge in [0.1, 0.15) is 0 Å². The van der Waals surface area contributed by atoms with Crippen LogP contribution in [0.5, 0.6) is 0 Å². The lowest BCUT2D eigenvalue weighted by atomic mass is 10.1. The second-order valence-electron chi connectivity index (χ2n) is 4.87. The fourth-order valence-electron chi connectivity index (χ4n) is 1.95. The third-order valence-electron chi connectivity index (χ3n) is 3.15. The zero-order valence-electron chi connectivity index (χ0n) is 13.1. The molecule has 3 N–H and O–H groups in total. The van der Waals surface area contributed by atoms with Crippen molar-refractivity contribution >= 4 is 35.1 Å². The number of hydrogen-bond acceptors (Lipinski definition) is 3. The van der Waals surface area contributed by atoms with Gasteiger partial charge < -0.3 is 16.0 Å². The molecule has 2 aromatic carbocycles. The lowest BCUT2D eigenvalue weighted by Gasteiger charge is -2.08. The van der Waals surface area contributed by atoms with Crippen LogP contribution in [-0.4, -0.2) is 25.2 Å². The fourth-order valence-corrected chi connectivity index (χ4v) is 2.48. The Balaban J connectivity index is 1.98. The molecule has 0 bridgehead atoms. The minimum atomic E-state index is -0.285. The van der Waals surface area contributed by atoms with Crippen molar-refractivity contribution in [2.45, 2.75) is 5.75 Å². The second-order valence-corrected chi connectivity index (χ2v) is 5.73. The number of hydrogen-bond donors (Lipinski definition) is 3. The Kier molecular flexibility index (Phi) is 6.05. The summed E-state index contributed by atoms with van der Waals surface area (Å²) in [5.74, 6) is 0.773. The number of benzene rings is 2. The van der Waals surface area contributed by atoms with Gasteiger partial charge in [-0.15, -0.1) is 0 Å². The second kappa shape index (κ2) is 8.24. The highest BCUT2D eigenvalue weighted by atomic mass is 32.2. The van der Waals surface area contributed by atoms with Crippen molar-refractivity contribution in [2.75, 3.05) is 23.9 Å². The van der Waals surface area contributed by atoms with Gasteiger partial charge >= 0.3 is 6.03 Å². The van der Waals surface area contributed by atoms with E-state index in [4.69, 9.17) is 0 Å². The van der Waals surface area contributed by atoms with Gasteiger partial charge in [0.2, 0.25) is 0 Å². The zero-order chi connectivity index (χ0) is 16.7. The molecule has 0 aliphatic carbocycles. The number of carbonyl (C=O) groups is 2. The van der Waals surface area contributed by atoms with Gasteiger partial charge in [-0.1, -0.05) is 12.1 Å². The summed E-state index contributed by atoms with van der Waals surface area (Å²) in [6.45, 7) is 0. The molecular weight excluding hydrogens is 310 g/mol. The quantitative estimate of drug-likeness (QED) is 0.785. The van der Waals surface area contributed by atoms with Gasteiger partial charge in [0.15, 0.2) is 0 Å². The van der Waals surface area contributed by atoms with Crippen LogP contribution in [0.2, 0.25) is 0 Å². The lowest BCUT2D eigenvalue weighted by Crippen LogP contribution is -2.24. The van der Waals surface area contributed by atoms with Crippen molar-refractivity contribution in [3.05, 3.63) is 59.7 Å². The summed E-state index contributed by atoms with van der Waals surface area (Å²) < 4.78 is 0. The van der Waals surface area contributed by atoms with Gasteiger partial charge in [-0.25, -0.2) is 4.79 Å². The minimum absolute atomic E-state index is 0.160. The third kappa shape index (κ3) is 5.03. The molecule has 0 spiro atoms. The number of urea groups is 1. The maximum Gasteiger partial charge on any atom is 0.318 e. The number of carbonyl (C=O) groups excluding carboxylic acids is 2. The molecule has 3 amide bonds. The number of anilines is 2. The van der Waals surface area contributed by atoms with E-state index in [9.17, 15) is 9.59 Å². The van der Waals surface area contributed by atoms with Gasteiger partial charge in [0, 0.05) is 29.7 Å². The third-order valence-corrected chi connectivity index (χ3v) is 3.78. The van der Waals surface area contributed by atoms with E-state index < -0.39 is 0 Å². The van der Waals surface area contributed by atoms with Crippen LogP contribution in [0.25, 0.3) is 0 Å². The molecule has 0 aliphatic rings. The topological polar surface area (TPSA) is 70.2 Å². The molecule has 0 unspecified atom stereocenters. The Bertz CT molecular complexity index is 669. The molecule has 120 valence electrons. The summed E-state index contributed by atoms with van der Waals surface area (Å²) in [5.41, 5.74) is 3.13. The first kappa shape index (κ1) is 16.9. The van der Waals surface area contributed by atoms with Crippen molar-refractivity contribution < 1.29 is 9.59 Å². The van der Waals surface area contributed by atoms with Crippen LogP contribution in [0.15, 0.2) is 48.5 Å². The van der Waals surface area contributed by atoms with E-state index >= 15 is 0 Å². The van der Waals surface area contributed by atoms with Crippen molar-refractivity contribution in [1.29, 1.82) is 0 Å². The molecule has 0 heterocycles. The maximum atomic E-state index is 12.2. The molecule has 2 aromatic rings. The highest BCUT2D eigenvalue weighted by molar-refractivity contribution is 7.97. The van der Waals surface area contributed by atoms with E-state index in [0.717, 1.165) is 5.75 Å². The van der Waals surface area contributed by atoms with E-state index in [0.29, 0.717) is 16.9 Å². The number of rotatable bonds is 5. The molecule has 0 radical (unpaired) electrons. The minimum Gasteiger partial charge on any atom is -0.341 e. The monoisotopic (exact) mass is 329 g/mol. The summed E-state index contributed by atoms with van der Waals surface area (Å²) in [6, 6.07) is 14.2. The number of nitrogens with one attached hydrogen (secondary N) is 3. The Morgan fingerprint density at radius 1 is 0.913 bits per heavy atom. The largest absolute Gasteiger partial charge is 0.341 e. The molecular formula is C17H19N3O2S. The van der Waals surface area contributed by atoms with Crippen molar-refractivity contribution in [2.24, 2.45) is 0 Å². The van der Waals surface area contributed by atoms with E-state index in [2.05, 4.69) is 16.0 Å². The van der Waals surface area contributed by atoms with Gasteiger partial charge in [-0.3, -0.25) is 4.79 Å². The summed E-state index contributed by atoms with van der Waals surface area (Å²) in [4.78, 5) is 23.4. The molecule has 2 rings (SSSR count). The predicted octanol–water partition coefficient (Wildman–Crippen LogP) is 3.55. The normalized spacial score (nSPS) is 10.0. The first-order valence-corrected chi connectivity index (χ1v) is 8.50. The Morgan fingerprint density at radius 3 is 2.00 bits per heavy atom. The zero-order valence-corrected chi connectivity index (χ0v) is 13.9. The first-order chi connectivity index (χ1) is 11.1. The highest BCUT2D eigenvalue weighted by Crippen LogP contribution is 2.15. The van der Waals surface area contributed by atoms with E-state index in [-0.39, 0.29) is 11.9 Å². The maximum absolute atomic E-state index is 12.2. The average molecular weight is 329 g/mol. The molecule has 0 aliphatic heterocycles. The van der Waals surface area contributed by atoms with E-state index in [1.54, 1.807) is 43.1 Å². The number of thioether (sulfide) groups is 1. The van der Waals surface area contributed by atoms with Crippen LogP contribution in [0.3, 0.4) is 0 Å². The Hall–Kier alpha value is -2.47. The first-order valence-electron chi connectivity index (χ1n) is 7.10. The molecule has 0 saturated heterocycles. The van der Waals surface area contributed by atoms with Crippen LogP contribution in [0, 0.1) is 0 Å². The summed E-state index contributed by atoms with van der Waals surface area (Å²) in [6.07, 6.45) is 2.04. The molecule has 0 saturated carbocycles. The molecule has 6 heteroatoms. The smallest absolute Gasteiger partial charge is 0.318 e. The highest BCUT2D eigenvalue weighted by Gasteiger charge is 2.06. The predicted molar refractivity (Wildman–Crippen MR) is 96.1 cm³/mol. The van der Waals surface area contributed by atoms with Crippen LogP contribution < -0.4 is 16.0 Å². The Labute approximate surface area is 139 Å². The molecule has 0 atom stereocenters. The van der Waals surface area contributed by atoms with Gasteiger partial charge in [0.05, 0.1) is 0 Å². The van der Waals surface area contributed by atoms with E-state index in [1.165, 1.54) is 5.56 Å². The van der Waals surface area contributed by atoms with Crippen LogP contribution in [-0.2, 0) is 5.75 Å². The summed E-state index contributed by atoms with van der Waals surface area (Å²) in [7, 11) is 1.55. The van der Waals surface area contributed by atoms with Gasteiger partial charge in [-0.05, 0) is 48.2 Å². The van der Waals surface area contributed by atoms with Crippen LogP contribution in [0.1, 0.15) is 15.9 Å². The van der Waals surface area contributed by atoms with Crippen LogP contribution >= 0.6 is 11.8 Å². The average Bonchev–Trinajstić information content (AvgIpc) is 2.57. The van der Waals surface area contributed by atoms with E-state index in [1.807, 2.05) is 30.5 Å². The number of amides is 3. The van der Waals surface area contributed by atoms with Gasteiger partial charge in [-0.2, -0.15) is 11.8 Å². The molecule has 0 aromatic heterocycles. The summed E-state index contributed by atoms with van der Waals surface area (Å²) >= 11 is 1.74. The SMILES string of the molecule is CNC(=O)Nc1ccc(NC(=O)c2ccc(CSC)cc2)cc1. The van der Waals surface area contributed by atoms with Crippen LogP contribution in [0.4, 0.5) is 16.2 Å². The Morgan fingerprint density at radius 2 is 1.48 bits per heavy atom. The molecule has 0 fully saturated rings. The summed E-state index contributed by atoms with van der Waals surface area (Å²) in [5, 5.41) is 7.96. The van der Waals surface area contributed by atoms with Crippen molar-refractivity contribution in [3.8, 4) is 0 Å². The standard InChI is InChI=1S/C17H19N3O2S/c1-18-17(22)20-15-9-7-14(8-10-15)19-16(21)13-5-3-12(4-6-13)11-23-2/h3-10H,11H2,1-2H3,(H,19,21)(H2,18,20,22). The van der Waals surface area contributed by atoms with Crippen molar-refractivity contribution in [1.82, 2.24) is 5.32 Å². The molecule has 23 heavy (non-hydrogen) atoms. The fraction of sp³-hybridized carbons (Fsp3) is 0.176. The molecule has 5 nitrogen and oxygen atoms in total. The van der Waals surface area contributed by atoms with Crippen molar-refractivity contribution in [3.63, 3.8) is 0 Å².